The molecule has 0 N–H and O–H groups in total. The molecule has 230 valence electrons. The Morgan fingerprint density at radius 3 is 1.02 bits per heavy atom. The number of hydrogen-bond donors (Lipinski definition) is 0. The van der Waals surface area contributed by atoms with Gasteiger partial charge in [0.15, 0.2) is 22.7 Å². The van der Waals surface area contributed by atoms with Crippen LogP contribution in [-0.4, -0.2) is 23.1 Å². The van der Waals surface area contributed by atoms with Crippen molar-refractivity contribution < 1.29 is 0 Å². The molecule has 0 fully saturated rings. The lowest BCUT2D eigenvalue weighted by molar-refractivity contribution is 0.744. The predicted molar refractivity (Wildman–Crippen MR) is 198 cm³/mol. The molecule has 8 rings (SSSR count). The highest BCUT2D eigenvalue weighted by atomic mass is 35.5. The minimum absolute atomic E-state index is 0.413. The van der Waals surface area contributed by atoms with Gasteiger partial charge in [0.05, 0.1) is 11.4 Å². The van der Waals surface area contributed by atoms with E-state index in [0.29, 0.717) is 21.7 Å². The maximum absolute atomic E-state index is 7.03. The van der Waals surface area contributed by atoms with Crippen LogP contribution in [-0.2, 0) is 11.1 Å². The fourth-order valence-corrected chi connectivity index (χ4v) is 7.29. The topological polar surface area (TPSA) is 49.4 Å². The van der Waals surface area contributed by atoms with Crippen molar-refractivity contribution in [2.45, 2.75) is 11.1 Å². The predicted octanol–water partition coefficient (Wildman–Crippen LogP) is 9.98. The van der Waals surface area contributed by atoms with Gasteiger partial charge in [-0.1, -0.05) is 181 Å². The number of rotatable bonds is 7. The van der Waals surface area contributed by atoms with Crippen LogP contribution < -0.4 is 0 Å². The summed E-state index contributed by atoms with van der Waals surface area (Å²) in [6.07, 6.45) is 0. The van der Waals surface area contributed by atoms with E-state index in [9.17, 15) is 0 Å². The summed E-state index contributed by atoms with van der Waals surface area (Å²) in [7, 11) is 0. The highest BCUT2D eigenvalue weighted by Gasteiger charge is 2.50. The molecule has 2 heterocycles. The lowest BCUT2D eigenvalue weighted by Crippen LogP contribution is -2.34. The first-order valence-corrected chi connectivity index (χ1v) is 16.5. The number of benzene rings is 6. The summed E-state index contributed by atoms with van der Waals surface area (Å²) in [5, 5.41) is 1.18. The van der Waals surface area contributed by atoms with Gasteiger partial charge < -0.3 is 0 Å². The summed E-state index contributed by atoms with van der Waals surface area (Å²) in [5.41, 5.74) is 4.70. The zero-order valence-corrected chi connectivity index (χ0v) is 27.2. The Labute approximate surface area is 289 Å². The first-order valence-electron chi connectivity index (χ1n) is 15.7. The molecule has 0 saturated carbocycles. The normalized spacial score (nSPS) is 20.1. The third-order valence-electron chi connectivity index (χ3n) is 8.87. The van der Waals surface area contributed by atoms with Crippen molar-refractivity contribution in [1.29, 1.82) is 0 Å². The Balaban J connectivity index is 1.46. The molecule has 6 aromatic carbocycles. The summed E-state index contributed by atoms with van der Waals surface area (Å²) in [6, 6.07) is 56.2. The second-order valence-corrected chi connectivity index (χ2v) is 12.5. The van der Waals surface area contributed by atoms with Crippen LogP contribution in [0.4, 0.5) is 0 Å². The van der Waals surface area contributed by atoms with Crippen LogP contribution >= 0.6 is 23.2 Å². The molecule has 0 aromatic heterocycles. The van der Waals surface area contributed by atoms with Gasteiger partial charge in [0, 0.05) is 21.2 Å². The Kier molecular flexibility index (Phi) is 7.68. The minimum Gasteiger partial charge on any atom is -0.240 e. The Hall–Kier alpha value is -5.42. The van der Waals surface area contributed by atoms with Crippen LogP contribution in [0.2, 0.25) is 10.0 Å². The lowest BCUT2D eigenvalue weighted by Gasteiger charge is -2.30. The van der Waals surface area contributed by atoms with E-state index in [4.69, 9.17) is 43.2 Å². The van der Waals surface area contributed by atoms with Crippen LogP contribution in [0.15, 0.2) is 190 Å². The standard InChI is InChI=1S/C42H28Cl2N4/c43-35-27-15-13-25-33(35)41(31-21-9-3-10-22-31)37(29-17-5-1-6-18-29)45-39(47-41)40-46-38(30-19-7-2-8-20-30)42(48-40,32-23-11-4-12-24-32)34-26-14-16-28-36(34)44/h1-28H. The minimum atomic E-state index is -1.07. The molecule has 2 unspecified atom stereocenters. The molecule has 0 bridgehead atoms. The van der Waals surface area contributed by atoms with Gasteiger partial charge >= 0.3 is 0 Å². The molecular weight excluding hydrogens is 631 g/mol. The molecule has 0 spiro atoms. The molecule has 2 atom stereocenters. The quantitative estimate of drug-likeness (QED) is 0.164. The Morgan fingerprint density at radius 1 is 0.354 bits per heavy atom. The van der Waals surface area contributed by atoms with Crippen LogP contribution in [0.5, 0.6) is 0 Å². The van der Waals surface area contributed by atoms with E-state index >= 15 is 0 Å². The fraction of sp³-hybridized carbons (Fsp3) is 0.0476. The van der Waals surface area contributed by atoms with Gasteiger partial charge in [-0.05, 0) is 34.4 Å². The monoisotopic (exact) mass is 658 g/mol. The zero-order valence-electron chi connectivity index (χ0n) is 25.7. The fourth-order valence-electron chi connectivity index (χ4n) is 6.74. The third-order valence-corrected chi connectivity index (χ3v) is 9.53. The molecule has 48 heavy (non-hydrogen) atoms. The van der Waals surface area contributed by atoms with E-state index < -0.39 is 11.1 Å². The van der Waals surface area contributed by atoms with Gasteiger partial charge in [0.2, 0.25) is 0 Å². The van der Waals surface area contributed by atoms with E-state index in [1.165, 1.54) is 0 Å². The Bertz CT molecular complexity index is 2090. The van der Waals surface area contributed by atoms with Crippen molar-refractivity contribution in [2.24, 2.45) is 20.0 Å². The van der Waals surface area contributed by atoms with Gasteiger partial charge in [-0.25, -0.2) is 20.0 Å². The van der Waals surface area contributed by atoms with Crippen LogP contribution in [0.25, 0.3) is 0 Å². The van der Waals surface area contributed by atoms with E-state index in [1.807, 2.05) is 121 Å². The molecule has 0 amide bonds. The molecule has 4 nitrogen and oxygen atoms in total. The van der Waals surface area contributed by atoms with Gasteiger partial charge in [-0.2, -0.15) is 0 Å². The van der Waals surface area contributed by atoms with Crippen molar-refractivity contribution in [3.05, 3.63) is 213 Å². The number of aliphatic imine (C=N–C) groups is 4. The van der Waals surface area contributed by atoms with Crippen LogP contribution in [0.1, 0.15) is 33.4 Å². The van der Waals surface area contributed by atoms with E-state index in [2.05, 4.69) is 48.5 Å². The van der Waals surface area contributed by atoms with Crippen LogP contribution in [0, 0.1) is 0 Å². The highest BCUT2D eigenvalue weighted by molar-refractivity contribution is 6.49. The second kappa shape index (κ2) is 12.3. The first-order chi connectivity index (χ1) is 23.6. The first kappa shape index (κ1) is 29.9. The summed E-state index contributed by atoms with van der Waals surface area (Å²) in [6.45, 7) is 0. The zero-order chi connectivity index (χ0) is 32.6. The molecule has 6 aromatic rings. The molecule has 2 aliphatic heterocycles. The Morgan fingerprint density at radius 2 is 0.667 bits per heavy atom. The summed E-state index contributed by atoms with van der Waals surface area (Å²) in [4.78, 5) is 21.7. The molecule has 0 aliphatic carbocycles. The lowest BCUT2D eigenvalue weighted by atomic mass is 9.77. The average molecular weight is 660 g/mol. The SMILES string of the molecule is Clc1ccccc1C1(c2ccccc2)N=C(C2=NC(c3ccccc3)(c3ccccc3Cl)C(c3ccccc3)=N2)N=C1c1ccccc1. The molecule has 0 saturated heterocycles. The molecule has 6 heteroatoms. The van der Waals surface area contributed by atoms with E-state index in [0.717, 1.165) is 44.8 Å². The summed E-state index contributed by atoms with van der Waals surface area (Å²) in [5.74, 6) is 0.826. The van der Waals surface area contributed by atoms with Crippen molar-refractivity contribution in [2.75, 3.05) is 0 Å². The second-order valence-electron chi connectivity index (χ2n) is 11.6. The van der Waals surface area contributed by atoms with E-state index in [-0.39, 0.29) is 0 Å². The average Bonchev–Trinajstić information content (AvgIpc) is 3.75. The van der Waals surface area contributed by atoms with Crippen molar-refractivity contribution in [3.8, 4) is 0 Å². The molecule has 2 aliphatic rings. The van der Waals surface area contributed by atoms with Crippen molar-refractivity contribution in [1.82, 2.24) is 0 Å². The van der Waals surface area contributed by atoms with Crippen LogP contribution in [0.3, 0.4) is 0 Å². The number of hydrogen-bond acceptors (Lipinski definition) is 4. The highest BCUT2D eigenvalue weighted by Crippen LogP contribution is 2.47. The van der Waals surface area contributed by atoms with Gasteiger partial charge in [0.1, 0.15) is 0 Å². The molecule has 0 radical (unpaired) electrons. The maximum Gasteiger partial charge on any atom is 0.194 e. The van der Waals surface area contributed by atoms with Gasteiger partial charge in [-0.15, -0.1) is 0 Å². The number of halogens is 2. The molecular formula is C42H28Cl2N4. The van der Waals surface area contributed by atoms with Crippen molar-refractivity contribution in [3.63, 3.8) is 0 Å². The third kappa shape index (κ3) is 4.84. The van der Waals surface area contributed by atoms with Gasteiger partial charge in [-0.3, -0.25) is 0 Å². The largest absolute Gasteiger partial charge is 0.240 e. The van der Waals surface area contributed by atoms with Gasteiger partial charge in [0.25, 0.3) is 0 Å². The van der Waals surface area contributed by atoms with E-state index in [1.54, 1.807) is 0 Å². The van der Waals surface area contributed by atoms with Crippen molar-refractivity contribution >= 4 is 46.3 Å². The number of nitrogens with zero attached hydrogens (tertiary/aromatic N) is 4. The smallest absolute Gasteiger partial charge is 0.194 e. The summed E-state index contributed by atoms with van der Waals surface area (Å²) < 4.78 is 0. The maximum atomic E-state index is 7.03. The number of amidine groups is 2. The summed E-state index contributed by atoms with van der Waals surface area (Å²) >= 11 is 14.1.